The van der Waals surface area contributed by atoms with Crippen molar-refractivity contribution in [2.24, 2.45) is 0 Å². The Morgan fingerprint density at radius 3 is 1.56 bits per heavy atom. The van der Waals surface area contributed by atoms with Gasteiger partial charge in [-0.2, -0.15) is 0 Å². The molecule has 0 heterocycles. The Bertz CT molecular complexity index is 349. The third-order valence-electron chi connectivity index (χ3n) is 2.12. The molecule has 1 rings (SSSR count). The Morgan fingerprint density at radius 2 is 1.28 bits per heavy atom. The normalized spacial score (nSPS) is 18.1. The van der Waals surface area contributed by atoms with E-state index in [1.165, 1.54) is 11.1 Å². The third-order valence-corrected chi connectivity index (χ3v) is 7.67. The molecule has 2 nitrogen and oxygen atoms in total. The fourth-order valence-corrected chi connectivity index (χ4v) is 4.92. The standard InChI is InChI=1S/C12H18O2S2Se2/c1-11(13,15)17-7-9-5-3-4-6-10(9)8-18-12(2,14)16/h3-6,13-16H,7-8H2,1-2H3. The van der Waals surface area contributed by atoms with Crippen molar-refractivity contribution in [3.8, 4) is 0 Å². The van der Waals surface area contributed by atoms with Crippen LogP contribution < -0.4 is 0 Å². The molecule has 0 saturated carbocycles. The average Bonchev–Trinajstić information content (AvgIpc) is 2.22. The van der Waals surface area contributed by atoms with E-state index in [0.717, 1.165) is 10.6 Å². The van der Waals surface area contributed by atoms with Crippen LogP contribution in [0.25, 0.3) is 0 Å². The van der Waals surface area contributed by atoms with E-state index in [0.29, 0.717) is 0 Å². The minimum atomic E-state index is -0.875. The molecular weight excluding hydrogens is 398 g/mol. The number of aliphatic hydroxyl groups is 2. The van der Waals surface area contributed by atoms with Gasteiger partial charge in [-0.05, 0) is 0 Å². The molecular formula is C12H18O2S2Se2. The fourth-order valence-electron chi connectivity index (χ4n) is 1.27. The maximum atomic E-state index is 9.67. The summed E-state index contributed by atoms with van der Waals surface area (Å²) in [5.41, 5.74) is 2.48. The van der Waals surface area contributed by atoms with Crippen LogP contribution in [-0.4, -0.2) is 47.8 Å². The molecule has 102 valence electrons. The monoisotopic (exact) mass is 418 g/mol. The van der Waals surface area contributed by atoms with Crippen LogP contribution in [0.5, 0.6) is 0 Å². The maximum absolute atomic E-state index is 9.67. The van der Waals surface area contributed by atoms with Gasteiger partial charge in [-0.3, -0.25) is 0 Å². The van der Waals surface area contributed by atoms with Crippen LogP contribution in [0.2, 0.25) is 0 Å². The van der Waals surface area contributed by atoms with Crippen molar-refractivity contribution in [3.63, 3.8) is 0 Å². The van der Waals surface area contributed by atoms with E-state index >= 15 is 0 Å². The van der Waals surface area contributed by atoms with Crippen molar-refractivity contribution in [3.05, 3.63) is 35.4 Å². The van der Waals surface area contributed by atoms with Gasteiger partial charge < -0.3 is 0 Å². The summed E-state index contributed by atoms with van der Waals surface area (Å²) in [6, 6.07) is 8.18. The van der Waals surface area contributed by atoms with Crippen LogP contribution in [0, 0.1) is 0 Å². The summed E-state index contributed by atoms with van der Waals surface area (Å²) in [7, 11) is 0. The molecule has 0 aliphatic heterocycles. The van der Waals surface area contributed by atoms with Crippen LogP contribution in [0.4, 0.5) is 0 Å². The van der Waals surface area contributed by atoms with E-state index in [2.05, 4.69) is 37.4 Å². The van der Waals surface area contributed by atoms with E-state index in [1.807, 2.05) is 12.1 Å². The number of rotatable bonds is 6. The summed E-state index contributed by atoms with van der Waals surface area (Å²) >= 11 is 8.37. The first-order valence-electron chi connectivity index (χ1n) is 5.41. The van der Waals surface area contributed by atoms with E-state index in [-0.39, 0.29) is 29.9 Å². The third kappa shape index (κ3) is 7.46. The summed E-state index contributed by atoms with van der Waals surface area (Å²) in [4.78, 5) is 0. The van der Waals surface area contributed by atoms with Gasteiger partial charge in [-0.25, -0.2) is 0 Å². The first-order chi connectivity index (χ1) is 8.17. The van der Waals surface area contributed by atoms with Crippen molar-refractivity contribution < 1.29 is 10.2 Å². The van der Waals surface area contributed by atoms with Crippen molar-refractivity contribution in [2.75, 3.05) is 0 Å². The zero-order chi connectivity index (χ0) is 13.8. The molecule has 0 spiro atoms. The van der Waals surface area contributed by atoms with Crippen molar-refractivity contribution >= 4 is 55.2 Å². The van der Waals surface area contributed by atoms with Crippen LogP contribution in [0.1, 0.15) is 25.0 Å². The van der Waals surface area contributed by atoms with Crippen LogP contribution in [-0.2, 0) is 10.6 Å². The molecule has 6 heteroatoms. The van der Waals surface area contributed by atoms with Gasteiger partial charge in [0.05, 0.1) is 0 Å². The first kappa shape index (κ1) is 16.9. The molecule has 1 aromatic rings. The summed E-state index contributed by atoms with van der Waals surface area (Å²) < 4.78 is -1.75. The Morgan fingerprint density at radius 1 is 0.944 bits per heavy atom. The molecule has 1 aromatic carbocycles. The molecule has 0 saturated heterocycles. The summed E-state index contributed by atoms with van der Waals surface area (Å²) in [6.45, 7) is 3.45. The molecule has 2 atom stereocenters. The molecule has 0 aromatic heterocycles. The molecule has 0 radical (unpaired) electrons. The summed E-state index contributed by atoms with van der Waals surface area (Å²) in [5, 5.41) is 21.0. The Labute approximate surface area is 132 Å². The molecule has 0 bridgehead atoms. The van der Waals surface area contributed by atoms with Gasteiger partial charge in [-0.15, -0.1) is 0 Å². The van der Waals surface area contributed by atoms with Crippen molar-refractivity contribution in [2.45, 2.75) is 32.1 Å². The molecule has 2 unspecified atom stereocenters. The second-order valence-electron chi connectivity index (χ2n) is 4.21. The summed E-state index contributed by atoms with van der Waals surface area (Å²) in [5.74, 6) is 0. The minimum absolute atomic E-state index is 0.0305. The molecule has 0 fully saturated rings. The van der Waals surface area contributed by atoms with Gasteiger partial charge in [0.25, 0.3) is 0 Å². The predicted octanol–water partition coefficient (Wildman–Crippen LogP) is 1.29. The second-order valence-corrected chi connectivity index (χ2v) is 13.1. The second kappa shape index (κ2) is 7.05. The van der Waals surface area contributed by atoms with E-state index in [1.54, 1.807) is 13.8 Å². The van der Waals surface area contributed by atoms with E-state index < -0.39 is 7.66 Å². The fraction of sp³-hybridized carbons (Fsp3) is 0.500. The quantitative estimate of drug-likeness (QED) is 0.321. The predicted molar refractivity (Wildman–Crippen MR) is 84.6 cm³/mol. The summed E-state index contributed by atoms with van der Waals surface area (Å²) in [6.07, 6.45) is 0. The molecule has 2 N–H and O–H groups in total. The molecule has 0 aliphatic carbocycles. The number of thiol groups is 2. The first-order valence-corrected chi connectivity index (χ1v) is 10.4. The van der Waals surface area contributed by atoms with Crippen molar-refractivity contribution in [1.82, 2.24) is 0 Å². The van der Waals surface area contributed by atoms with Gasteiger partial charge in [0.1, 0.15) is 0 Å². The number of hydrogen-bond acceptors (Lipinski definition) is 4. The Hall–Kier alpha value is 0.879. The molecule has 0 aliphatic rings. The van der Waals surface area contributed by atoms with Gasteiger partial charge in [-0.1, -0.05) is 0 Å². The topological polar surface area (TPSA) is 40.5 Å². The van der Waals surface area contributed by atoms with Gasteiger partial charge >= 0.3 is 133 Å². The van der Waals surface area contributed by atoms with Crippen LogP contribution in [0.15, 0.2) is 24.3 Å². The zero-order valence-electron chi connectivity index (χ0n) is 10.3. The van der Waals surface area contributed by atoms with Crippen LogP contribution in [0.3, 0.4) is 0 Å². The Balaban J connectivity index is 2.68. The number of hydrogen-bond donors (Lipinski definition) is 4. The van der Waals surface area contributed by atoms with E-state index in [9.17, 15) is 10.2 Å². The van der Waals surface area contributed by atoms with Gasteiger partial charge in [0, 0.05) is 0 Å². The Kier molecular flexibility index (Phi) is 6.63. The number of benzene rings is 1. The van der Waals surface area contributed by atoms with Gasteiger partial charge in [0.15, 0.2) is 0 Å². The molecule has 18 heavy (non-hydrogen) atoms. The SMILES string of the molecule is CC(O)(S)[Se]Cc1ccccc1C[Se]C(C)(O)S. The van der Waals surface area contributed by atoms with Crippen LogP contribution >= 0.6 is 25.3 Å². The van der Waals surface area contributed by atoms with E-state index in [4.69, 9.17) is 0 Å². The van der Waals surface area contributed by atoms with Gasteiger partial charge in [0.2, 0.25) is 0 Å². The zero-order valence-corrected chi connectivity index (χ0v) is 15.5. The molecule has 0 amide bonds. The van der Waals surface area contributed by atoms with Crippen molar-refractivity contribution in [1.29, 1.82) is 0 Å². The average molecular weight is 416 g/mol.